The van der Waals surface area contributed by atoms with Crippen molar-refractivity contribution >= 4 is 17.3 Å². The van der Waals surface area contributed by atoms with Gasteiger partial charge in [-0.3, -0.25) is 4.99 Å². The van der Waals surface area contributed by atoms with E-state index in [0.717, 1.165) is 67.3 Å². The second-order valence-corrected chi connectivity index (χ2v) is 7.65. The average Bonchev–Trinajstić information content (AvgIpc) is 3.17. The molecule has 0 aliphatic carbocycles. The van der Waals surface area contributed by atoms with Crippen molar-refractivity contribution in [3.63, 3.8) is 0 Å². The van der Waals surface area contributed by atoms with Gasteiger partial charge in [0.1, 0.15) is 11.6 Å². The van der Waals surface area contributed by atoms with Gasteiger partial charge in [-0.25, -0.2) is 4.98 Å². The molecular formula is C17H27N7S. The Morgan fingerprint density at radius 3 is 3.00 bits per heavy atom. The van der Waals surface area contributed by atoms with E-state index in [4.69, 9.17) is 4.99 Å². The Morgan fingerprint density at radius 2 is 2.28 bits per heavy atom. The highest BCUT2D eigenvalue weighted by Gasteiger charge is 2.21. The van der Waals surface area contributed by atoms with Gasteiger partial charge in [0.25, 0.3) is 0 Å². The highest BCUT2D eigenvalue weighted by atomic mass is 32.1. The van der Waals surface area contributed by atoms with E-state index < -0.39 is 0 Å². The molecule has 0 radical (unpaired) electrons. The van der Waals surface area contributed by atoms with E-state index >= 15 is 0 Å². The molecule has 0 spiro atoms. The van der Waals surface area contributed by atoms with Gasteiger partial charge < -0.3 is 14.8 Å². The Hall–Kier alpha value is -1.96. The number of aromatic nitrogens is 4. The fraction of sp³-hybridized carbons (Fsp3) is 0.647. The third-order valence-corrected chi connectivity index (χ3v) is 5.31. The van der Waals surface area contributed by atoms with Gasteiger partial charge in [-0.2, -0.15) is 0 Å². The quantitative estimate of drug-likeness (QED) is 0.652. The smallest absolute Gasteiger partial charge is 0.194 e. The van der Waals surface area contributed by atoms with Crippen LogP contribution in [-0.2, 0) is 19.5 Å². The SMILES string of the molecule is CCNC(=NCC1CCc2nnc(C)n2C1)N(C)Cc1csc(C)n1. The molecule has 1 unspecified atom stereocenters. The van der Waals surface area contributed by atoms with E-state index in [0.29, 0.717) is 5.92 Å². The maximum absolute atomic E-state index is 4.88. The molecule has 25 heavy (non-hydrogen) atoms. The van der Waals surface area contributed by atoms with Crippen molar-refractivity contribution in [2.24, 2.45) is 10.9 Å². The summed E-state index contributed by atoms with van der Waals surface area (Å²) in [6.07, 6.45) is 2.11. The lowest BCUT2D eigenvalue weighted by Crippen LogP contribution is -2.39. The van der Waals surface area contributed by atoms with E-state index in [-0.39, 0.29) is 0 Å². The van der Waals surface area contributed by atoms with Crippen LogP contribution in [0.3, 0.4) is 0 Å². The first-order valence-corrected chi connectivity index (χ1v) is 9.74. The van der Waals surface area contributed by atoms with Crippen molar-refractivity contribution in [1.29, 1.82) is 0 Å². The summed E-state index contributed by atoms with van der Waals surface area (Å²) < 4.78 is 2.23. The first-order chi connectivity index (χ1) is 12.1. The van der Waals surface area contributed by atoms with Crippen molar-refractivity contribution in [3.05, 3.63) is 27.7 Å². The number of fused-ring (bicyclic) bond motifs is 1. The third-order valence-electron chi connectivity index (χ3n) is 4.49. The van der Waals surface area contributed by atoms with Gasteiger partial charge in [0.05, 0.1) is 17.2 Å². The summed E-state index contributed by atoms with van der Waals surface area (Å²) in [5.74, 6) is 3.59. The molecule has 2 aromatic rings. The molecule has 0 amide bonds. The lowest BCUT2D eigenvalue weighted by atomic mass is 9.99. The monoisotopic (exact) mass is 361 g/mol. The zero-order valence-corrected chi connectivity index (χ0v) is 16.3. The summed E-state index contributed by atoms with van der Waals surface area (Å²) in [4.78, 5) is 11.6. The summed E-state index contributed by atoms with van der Waals surface area (Å²) in [7, 11) is 2.07. The van der Waals surface area contributed by atoms with Crippen LogP contribution in [0.4, 0.5) is 0 Å². The van der Waals surface area contributed by atoms with Crippen LogP contribution in [0.5, 0.6) is 0 Å². The van der Waals surface area contributed by atoms with Crippen molar-refractivity contribution in [2.75, 3.05) is 20.1 Å². The number of nitrogens with zero attached hydrogens (tertiary/aromatic N) is 6. The Labute approximate surface area is 153 Å². The lowest BCUT2D eigenvalue weighted by molar-refractivity contribution is 0.366. The van der Waals surface area contributed by atoms with Gasteiger partial charge >= 0.3 is 0 Å². The van der Waals surface area contributed by atoms with Crippen LogP contribution in [0.25, 0.3) is 0 Å². The van der Waals surface area contributed by atoms with Crippen molar-refractivity contribution < 1.29 is 0 Å². The topological polar surface area (TPSA) is 71.2 Å². The number of thiazole rings is 1. The number of aliphatic imine (C=N–C) groups is 1. The molecule has 0 saturated carbocycles. The lowest BCUT2D eigenvalue weighted by Gasteiger charge is -2.25. The van der Waals surface area contributed by atoms with E-state index in [1.807, 2.05) is 13.8 Å². The molecule has 3 heterocycles. The maximum Gasteiger partial charge on any atom is 0.194 e. The Balaban J connectivity index is 1.63. The fourth-order valence-electron chi connectivity index (χ4n) is 3.16. The summed E-state index contributed by atoms with van der Waals surface area (Å²) >= 11 is 1.69. The van der Waals surface area contributed by atoms with Crippen molar-refractivity contribution in [1.82, 2.24) is 30.0 Å². The number of aryl methyl sites for hydroxylation is 3. The van der Waals surface area contributed by atoms with Crippen LogP contribution in [0, 0.1) is 19.8 Å². The largest absolute Gasteiger partial charge is 0.357 e. The van der Waals surface area contributed by atoms with Crippen LogP contribution in [0.15, 0.2) is 10.4 Å². The van der Waals surface area contributed by atoms with Gasteiger partial charge in [0.15, 0.2) is 5.96 Å². The number of hydrogen-bond donors (Lipinski definition) is 1. The number of hydrogen-bond acceptors (Lipinski definition) is 5. The molecule has 0 bridgehead atoms. The van der Waals surface area contributed by atoms with Gasteiger partial charge in [-0.15, -0.1) is 21.5 Å². The van der Waals surface area contributed by atoms with Crippen LogP contribution in [0.1, 0.15) is 35.7 Å². The fourth-order valence-corrected chi connectivity index (χ4v) is 3.77. The van der Waals surface area contributed by atoms with Crippen LogP contribution >= 0.6 is 11.3 Å². The molecule has 136 valence electrons. The van der Waals surface area contributed by atoms with Crippen molar-refractivity contribution in [3.8, 4) is 0 Å². The molecule has 1 aliphatic heterocycles. The summed E-state index contributed by atoms with van der Waals surface area (Å²) in [5.41, 5.74) is 1.10. The normalized spacial score (nSPS) is 17.4. The number of guanidine groups is 1. The molecule has 0 saturated heterocycles. The second kappa shape index (κ2) is 7.95. The van der Waals surface area contributed by atoms with Crippen LogP contribution in [-0.4, -0.2) is 50.7 Å². The minimum atomic E-state index is 0.533. The molecular weight excluding hydrogens is 334 g/mol. The second-order valence-electron chi connectivity index (χ2n) is 6.59. The molecule has 1 aliphatic rings. The number of rotatable bonds is 5. The van der Waals surface area contributed by atoms with Gasteiger partial charge in [-0.1, -0.05) is 0 Å². The highest BCUT2D eigenvalue weighted by Crippen LogP contribution is 2.20. The first-order valence-electron chi connectivity index (χ1n) is 8.86. The van der Waals surface area contributed by atoms with E-state index in [2.05, 4.69) is 49.3 Å². The van der Waals surface area contributed by atoms with Gasteiger partial charge in [0.2, 0.25) is 0 Å². The van der Waals surface area contributed by atoms with Crippen LogP contribution < -0.4 is 5.32 Å². The zero-order chi connectivity index (χ0) is 17.8. The van der Waals surface area contributed by atoms with E-state index in [1.165, 1.54) is 0 Å². The molecule has 0 fully saturated rings. The van der Waals surface area contributed by atoms with Crippen LogP contribution in [0.2, 0.25) is 0 Å². The molecule has 1 N–H and O–H groups in total. The maximum atomic E-state index is 4.88. The van der Waals surface area contributed by atoms with Gasteiger partial charge in [0, 0.05) is 38.5 Å². The Bertz CT molecular complexity index is 733. The third kappa shape index (κ3) is 4.36. The average molecular weight is 362 g/mol. The Kier molecular flexibility index (Phi) is 5.67. The van der Waals surface area contributed by atoms with Crippen molar-refractivity contribution in [2.45, 2.75) is 46.7 Å². The number of nitrogens with one attached hydrogen (secondary N) is 1. The predicted octanol–water partition coefficient (Wildman–Crippen LogP) is 2.01. The molecule has 0 aromatic carbocycles. The molecule has 3 rings (SSSR count). The zero-order valence-electron chi connectivity index (χ0n) is 15.5. The molecule has 8 heteroatoms. The van der Waals surface area contributed by atoms with E-state index in [1.54, 1.807) is 11.3 Å². The summed E-state index contributed by atoms with van der Waals surface area (Å²) in [5, 5.41) is 15.0. The van der Waals surface area contributed by atoms with E-state index in [9.17, 15) is 0 Å². The first kappa shape index (κ1) is 17.8. The minimum absolute atomic E-state index is 0.533. The summed E-state index contributed by atoms with van der Waals surface area (Å²) in [6, 6.07) is 0. The molecule has 1 atom stereocenters. The standard InChI is InChI=1S/C17H27N7S/c1-5-18-17(23(4)10-15-11-25-13(3)20-15)19-8-14-6-7-16-22-21-12(2)24(16)9-14/h11,14H,5-10H2,1-4H3,(H,18,19). The minimum Gasteiger partial charge on any atom is -0.357 e. The van der Waals surface area contributed by atoms with Gasteiger partial charge in [-0.05, 0) is 33.1 Å². The summed E-state index contributed by atoms with van der Waals surface area (Å²) in [6.45, 7) is 9.58. The predicted molar refractivity (Wildman–Crippen MR) is 101 cm³/mol. The molecule has 7 nitrogen and oxygen atoms in total. The Morgan fingerprint density at radius 1 is 1.44 bits per heavy atom. The highest BCUT2D eigenvalue weighted by molar-refractivity contribution is 7.09. The molecule has 2 aromatic heterocycles.